The summed E-state index contributed by atoms with van der Waals surface area (Å²) < 4.78 is 5.32. The van der Waals surface area contributed by atoms with E-state index in [1.165, 1.54) is 16.5 Å². The average Bonchev–Trinajstić information content (AvgIpc) is 3.04. The van der Waals surface area contributed by atoms with Crippen molar-refractivity contribution in [2.45, 2.75) is 31.3 Å². The van der Waals surface area contributed by atoms with Crippen molar-refractivity contribution in [3.63, 3.8) is 0 Å². The molecule has 1 aromatic heterocycles. The molecule has 0 bridgehead atoms. The number of carbonyl (C=O) groups is 1. The van der Waals surface area contributed by atoms with Crippen molar-refractivity contribution in [1.29, 1.82) is 0 Å². The van der Waals surface area contributed by atoms with Gasteiger partial charge in [0.2, 0.25) is 5.91 Å². The molecule has 2 aromatic carbocycles. The summed E-state index contributed by atoms with van der Waals surface area (Å²) in [6, 6.07) is 17.0. The molecular weight excluding hydrogens is 372 g/mol. The van der Waals surface area contributed by atoms with Crippen LogP contribution in [0.1, 0.15) is 41.3 Å². The predicted molar refractivity (Wildman–Crippen MR) is 111 cm³/mol. The SMILES string of the molecule is C[C@H]1Cc2c([nH]c3ccccc23)[C@H](c2ccc(C3COC3)cc2)N1C(=O)CCl. The summed E-state index contributed by atoms with van der Waals surface area (Å²) in [5.74, 6) is 0.456. The number of amides is 1. The van der Waals surface area contributed by atoms with Crippen LogP contribution in [0, 0.1) is 0 Å². The lowest BCUT2D eigenvalue weighted by Crippen LogP contribution is -2.47. The van der Waals surface area contributed by atoms with Crippen LogP contribution in [0.2, 0.25) is 0 Å². The number of carbonyl (C=O) groups excluding carboxylic acids is 1. The lowest BCUT2D eigenvalue weighted by Gasteiger charge is -2.41. The number of aromatic amines is 1. The van der Waals surface area contributed by atoms with Crippen molar-refractivity contribution in [2.75, 3.05) is 19.1 Å². The maximum atomic E-state index is 12.8. The van der Waals surface area contributed by atoms with Crippen LogP contribution in [-0.4, -0.2) is 40.9 Å². The van der Waals surface area contributed by atoms with Gasteiger partial charge >= 0.3 is 0 Å². The van der Waals surface area contributed by atoms with Gasteiger partial charge in [0.15, 0.2) is 0 Å². The Bertz CT molecular complexity index is 1020. The summed E-state index contributed by atoms with van der Waals surface area (Å²) in [7, 11) is 0. The molecule has 2 aliphatic rings. The van der Waals surface area contributed by atoms with Gasteiger partial charge in [-0.25, -0.2) is 0 Å². The lowest BCUT2D eigenvalue weighted by molar-refractivity contribution is -0.133. The third kappa shape index (κ3) is 2.75. The summed E-state index contributed by atoms with van der Waals surface area (Å²) >= 11 is 5.99. The van der Waals surface area contributed by atoms with Crippen LogP contribution < -0.4 is 0 Å². The second kappa shape index (κ2) is 6.94. The van der Waals surface area contributed by atoms with E-state index >= 15 is 0 Å². The first-order valence-corrected chi connectivity index (χ1v) is 10.3. The van der Waals surface area contributed by atoms with Crippen LogP contribution in [0.15, 0.2) is 48.5 Å². The van der Waals surface area contributed by atoms with Crippen LogP contribution >= 0.6 is 11.6 Å². The Morgan fingerprint density at radius 2 is 1.86 bits per heavy atom. The summed E-state index contributed by atoms with van der Waals surface area (Å²) in [4.78, 5) is 18.3. The first kappa shape index (κ1) is 17.8. The molecule has 1 fully saturated rings. The molecule has 0 radical (unpaired) electrons. The van der Waals surface area contributed by atoms with E-state index in [0.29, 0.717) is 5.92 Å². The van der Waals surface area contributed by atoms with E-state index in [4.69, 9.17) is 16.3 Å². The van der Waals surface area contributed by atoms with Crippen molar-refractivity contribution >= 4 is 28.4 Å². The van der Waals surface area contributed by atoms with Crippen molar-refractivity contribution in [3.05, 3.63) is 70.9 Å². The fourth-order valence-electron chi connectivity index (χ4n) is 4.63. The zero-order valence-corrected chi connectivity index (χ0v) is 16.6. The number of benzene rings is 2. The highest BCUT2D eigenvalue weighted by atomic mass is 35.5. The maximum Gasteiger partial charge on any atom is 0.238 e. The molecule has 144 valence electrons. The smallest absolute Gasteiger partial charge is 0.238 e. The number of hydrogen-bond acceptors (Lipinski definition) is 2. The normalized spacial score (nSPS) is 22.1. The van der Waals surface area contributed by atoms with Crippen molar-refractivity contribution in [2.24, 2.45) is 0 Å². The van der Waals surface area contributed by atoms with Crippen LogP contribution in [0.25, 0.3) is 10.9 Å². The van der Waals surface area contributed by atoms with E-state index in [2.05, 4.69) is 54.4 Å². The predicted octanol–water partition coefficient (Wildman–Crippen LogP) is 4.38. The summed E-state index contributed by atoms with van der Waals surface area (Å²) in [5, 5.41) is 1.25. The van der Waals surface area contributed by atoms with Gasteiger partial charge in [0, 0.05) is 28.6 Å². The van der Waals surface area contributed by atoms with Crippen molar-refractivity contribution < 1.29 is 9.53 Å². The molecular formula is C23H23ClN2O2. The Morgan fingerprint density at radius 1 is 1.14 bits per heavy atom. The molecule has 1 saturated heterocycles. The van der Waals surface area contributed by atoms with Crippen LogP contribution in [0.3, 0.4) is 0 Å². The molecule has 5 heteroatoms. The first-order chi connectivity index (χ1) is 13.7. The van der Waals surface area contributed by atoms with E-state index < -0.39 is 0 Å². The number of halogens is 1. The molecule has 3 aromatic rings. The zero-order chi connectivity index (χ0) is 19.3. The van der Waals surface area contributed by atoms with Crippen LogP contribution in [-0.2, 0) is 16.0 Å². The minimum absolute atomic E-state index is 0.00605. The fraction of sp³-hybridized carbons (Fsp3) is 0.348. The molecule has 2 aliphatic heterocycles. The quantitative estimate of drug-likeness (QED) is 0.670. The number of rotatable bonds is 3. The van der Waals surface area contributed by atoms with Gasteiger partial charge in [-0.1, -0.05) is 42.5 Å². The van der Waals surface area contributed by atoms with Gasteiger partial charge in [-0.05, 0) is 36.1 Å². The Balaban J connectivity index is 1.64. The molecule has 28 heavy (non-hydrogen) atoms. The van der Waals surface area contributed by atoms with Gasteiger partial charge in [-0.3, -0.25) is 4.79 Å². The second-order valence-corrected chi connectivity index (χ2v) is 8.12. The minimum Gasteiger partial charge on any atom is -0.380 e. The van der Waals surface area contributed by atoms with Gasteiger partial charge in [-0.2, -0.15) is 0 Å². The maximum absolute atomic E-state index is 12.8. The number of ether oxygens (including phenoxy) is 1. The largest absolute Gasteiger partial charge is 0.380 e. The van der Waals surface area contributed by atoms with E-state index in [1.807, 2.05) is 11.0 Å². The van der Waals surface area contributed by atoms with Gasteiger partial charge in [-0.15, -0.1) is 11.6 Å². The van der Waals surface area contributed by atoms with E-state index in [9.17, 15) is 4.79 Å². The number of nitrogens with one attached hydrogen (secondary N) is 1. The fourth-order valence-corrected chi connectivity index (χ4v) is 4.76. The zero-order valence-electron chi connectivity index (χ0n) is 15.8. The van der Waals surface area contributed by atoms with Gasteiger partial charge in [0.05, 0.1) is 19.3 Å². The Morgan fingerprint density at radius 3 is 2.54 bits per heavy atom. The highest BCUT2D eigenvalue weighted by Gasteiger charge is 2.38. The van der Waals surface area contributed by atoms with Crippen molar-refractivity contribution in [1.82, 2.24) is 9.88 Å². The van der Waals surface area contributed by atoms with Crippen molar-refractivity contribution in [3.8, 4) is 0 Å². The molecule has 0 aliphatic carbocycles. The van der Waals surface area contributed by atoms with Crippen LogP contribution in [0.5, 0.6) is 0 Å². The standard InChI is InChI=1S/C23H23ClN2O2/c1-14-10-19-18-4-2-3-5-20(18)25-22(19)23(26(14)21(27)11-24)16-8-6-15(7-9-16)17-12-28-13-17/h2-9,14,17,23,25H,10-13H2,1H3/t14-,23-/m0/s1. The Kier molecular flexibility index (Phi) is 4.41. The van der Waals surface area contributed by atoms with E-state index in [0.717, 1.165) is 36.4 Å². The molecule has 5 rings (SSSR count). The van der Waals surface area contributed by atoms with Gasteiger partial charge in [0.1, 0.15) is 5.88 Å². The molecule has 0 saturated carbocycles. The molecule has 3 heterocycles. The lowest BCUT2D eigenvalue weighted by atomic mass is 9.87. The molecule has 0 unspecified atom stereocenters. The molecule has 0 spiro atoms. The Hall–Kier alpha value is -2.30. The summed E-state index contributed by atoms with van der Waals surface area (Å²) in [5.41, 5.74) is 5.95. The number of fused-ring (bicyclic) bond motifs is 3. The average molecular weight is 395 g/mol. The number of alkyl halides is 1. The monoisotopic (exact) mass is 394 g/mol. The van der Waals surface area contributed by atoms with E-state index in [1.54, 1.807) is 0 Å². The second-order valence-electron chi connectivity index (χ2n) is 7.85. The highest BCUT2D eigenvalue weighted by molar-refractivity contribution is 6.27. The number of para-hydroxylation sites is 1. The number of hydrogen-bond donors (Lipinski definition) is 1. The summed E-state index contributed by atoms with van der Waals surface area (Å²) in [6.07, 6.45) is 0.829. The van der Waals surface area contributed by atoms with Crippen LogP contribution in [0.4, 0.5) is 0 Å². The highest BCUT2D eigenvalue weighted by Crippen LogP contribution is 2.41. The number of H-pyrrole nitrogens is 1. The minimum atomic E-state index is -0.149. The molecule has 1 amide bonds. The number of nitrogens with zero attached hydrogens (tertiary/aromatic N) is 1. The van der Waals surface area contributed by atoms with Gasteiger partial charge < -0.3 is 14.6 Å². The third-order valence-electron chi connectivity index (χ3n) is 6.14. The topological polar surface area (TPSA) is 45.3 Å². The third-order valence-corrected chi connectivity index (χ3v) is 6.37. The molecule has 2 atom stereocenters. The van der Waals surface area contributed by atoms with Gasteiger partial charge in [0.25, 0.3) is 0 Å². The summed E-state index contributed by atoms with van der Waals surface area (Å²) in [6.45, 7) is 3.70. The molecule has 4 nitrogen and oxygen atoms in total. The Labute approximate surface area is 169 Å². The number of aromatic nitrogens is 1. The van der Waals surface area contributed by atoms with E-state index in [-0.39, 0.29) is 23.9 Å². The first-order valence-electron chi connectivity index (χ1n) is 9.81. The molecule has 1 N–H and O–H groups in total.